The SMILES string of the molecule is C=CCNC(=NC)NC1CCN(c2cc(Cl)ccc2OC)C1.I. The topological polar surface area (TPSA) is 48.9 Å². The average Bonchev–Trinajstić information content (AvgIpc) is 2.99. The van der Waals surface area contributed by atoms with Crippen LogP contribution < -0.4 is 20.3 Å². The van der Waals surface area contributed by atoms with Crippen molar-refractivity contribution in [3.8, 4) is 5.75 Å². The zero-order valence-electron chi connectivity index (χ0n) is 13.5. The van der Waals surface area contributed by atoms with E-state index in [2.05, 4.69) is 27.1 Å². The lowest BCUT2D eigenvalue weighted by Crippen LogP contribution is -2.44. The normalized spacial score (nSPS) is 17.4. The maximum atomic E-state index is 6.12. The first kappa shape index (κ1) is 19.9. The van der Waals surface area contributed by atoms with Crippen LogP contribution in [0.1, 0.15) is 6.42 Å². The highest BCUT2D eigenvalue weighted by Crippen LogP contribution is 2.33. The van der Waals surface area contributed by atoms with Crippen LogP contribution in [0.15, 0.2) is 35.8 Å². The summed E-state index contributed by atoms with van der Waals surface area (Å²) in [6, 6.07) is 6.03. The van der Waals surface area contributed by atoms with Gasteiger partial charge in [-0.2, -0.15) is 0 Å². The summed E-state index contributed by atoms with van der Waals surface area (Å²) in [5.74, 6) is 1.64. The Labute approximate surface area is 160 Å². The Hall–Kier alpha value is -1.15. The predicted molar refractivity (Wildman–Crippen MR) is 109 cm³/mol. The number of anilines is 1. The summed E-state index contributed by atoms with van der Waals surface area (Å²) in [5.41, 5.74) is 1.04. The first-order valence-electron chi connectivity index (χ1n) is 7.34. The number of nitrogens with one attached hydrogen (secondary N) is 2. The van der Waals surface area contributed by atoms with Gasteiger partial charge in [0.15, 0.2) is 5.96 Å². The summed E-state index contributed by atoms with van der Waals surface area (Å²) in [4.78, 5) is 6.50. The fourth-order valence-electron chi connectivity index (χ4n) is 2.56. The predicted octanol–water partition coefficient (Wildman–Crippen LogP) is 2.90. The minimum Gasteiger partial charge on any atom is -0.495 e. The summed E-state index contributed by atoms with van der Waals surface area (Å²) in [6.07, 6.45) is 2.84. The van der Waals surface area contributed by atoms with Crippen LogP contribution in [0.3, 0.4) is 0 Å². The second-order valence-corrected chi connectivity index (χ2v) is 5.57. The first-order chi connectivity index (χ1) is 10.7. The van der Waals surface area contributed by atoms with E-state index in [0.29, 0.717) is 12.6 Å². The highest BCUT2D eigenvalue weighted by molar-refractivity contribution is 14.0. The highest BCUT2D eigenvalue weighted by atomic mass is 127. The molecular formula is C16H24ClIN4O. The lowest BCUT2D eigenvalue weighted by Gasteiger charge is -2.22. The van der Waals surface area contributed by atoms with E-state index in [9.17, 15) is 0 Å². The molecule has 1 aliphatic rings. The van der Waals surface area contributed by atoms with Crippen molar-refractivity contribution < 1.29 is 4.74 Å². The zero-order chi connectivity index (χ0) is 15.9. The molecule has 5 nitrogen and oxygen atoms in total. The van der Waals surface area contributed by atoms with Gasteiger partial charge in [0, 0.05) is 37.7 Å². The monoisotopic (exact) mass is 450 g/mol. The van der Waals surface area contributed by atoms with Crippen molar-refractivity contribution >= 4 is 47.2 Å². The molecule has 1 saturated heterocycles. The fraction of sp³-hybridized carbons (Fsp3) is 0.438. The third-order valence-corrected chi connectivity index (χ3v) is 3.88. The van der Waals surface area contributed by atoms with E-state index in [-0.39, 0.29) is 24.0 Å². The molecule has 23 heavy (non-hydrogen) atoms. The molecule has 1 unspecified atom stereocenters. The minimum absolute atomic E-state index is 0. The second-order valence-electron chi connectivity index (χ2n) is 5.13. The molecule has 7 heteroatoms. The second kappa shape index (κ2) is 9.87. The Morgan fingerprint density at radius 1 is 1.57 bits per heavy atom. The van der Waals surface area contributed by atoms with Gasteiger partial charge >= 0.3 is 0 Å². The van der Waals surface area contributed by atoms with Crippen molar-refractivity contribution in [1.29, 1.82) is 0 Å². The molecule has 128 valence electrons. The Morgan fingerprint density at radius 2 is 2.35 bits per heavy atom. The van der Waals surface area contributed by atoms with Crippen molar-refractivity contribution in [2.45, 2.75) is 12.5 Å². The van der Waals surface area contributed by atoms with Gasteiger partial charge in [0.25, 0.3) is 0 Å². The van der Waals surface area contributed by atoms with E-state index in [1.807, 2.05) is 24.3 Å². The van der Waals surface area contributed by atoms with Gasteiger partial charge in [-0.3, -0.25) is 4.99 Å². The Bertz CT molecular complexity index is 553. The number of hydrogen-bond acceptors (Lipinski definition) is 3. The number of benzene rings is 1. The van der Waals surface area contributed by atoms with Crippen LogP contribution in [-0.4, -0.2) is 45.8 Å². The lowest BCUT2D eigenvalue weighted by molar-refractivity contribution is 0.415. The molecule has 1 aliphatic heterocycles. The van der Waals surface area contributed by atoms with Crippen LogP contribution in [0.5, 0.6) is 5.75 Å². The molecule has 0 saturated carbocycles. The van der Waals surface area contributed by atoms with Gasteiger partial charge in [0.05, 0.1) is 12.8 Å². The Kier molecular flexibility index (Phi) is 8.54. The number of ether oxygens (including phenoxy) is 1. The number of hydrogen-bond donors (Lipinski definition) is 2. The maximum Gasteiger partial charge on any atom is 0.191 e. The number of methoxy groups -OCH3 is 1. The van der Waals surface area contributed by atoms with E-state index < -0.39 is 0 Å². The van der Waals surface area contributed by atoms with E-state index in [0.717, 1.165) is 41.9 Å². The summed E-state index contributed by atoms with van der Waals surface area (Å²) >= 11 is 6.12. The van der Waals surface area contributed by atoms with Crippen molar-refractivity contribution in [3.63, 3.8) is 0 Å². The summed E-state index contributed by atoms with van der Waals surface area (Å²) < 4.78 is 5.44. The number of nitrogens with zero attached hydrogens (tertiary/aromatic N) is 2. The van der Waals surface area contributed by atoms with Gasteiger partial charge in [-0.25, -0.2) is 0 Å². The smallest absolute Gasteiger partial charge is 0.191 e. The van der Waals surface area contributed by atoms with Crippen molar-refractivity contribution in [2.24, 2.45) is 4.99 Å². The number of rotatable bonds is 5. The molecule has 0 radical (unpaired) electrons. The quantitative estimate of drug-likeness (QED) is 0.313. The van der Waals surface area contributed by atoms with Gasteiger partial charge in [-0.1, -0.05) is 17.7 Å². The van der Waals surface area contributed by atoms with E-state index in [1.54, 1.807) is 14.2 Å². The average molecular weight is 451 g/mol. The lowest BCUT2D eigenvalue weighted by atomic mass is 10.2. The van der Waals surface area contributed by atoms with Crippen molar-refractivity contribution in [2.75, 3.05) is 38.7 Å². The van der Waals surface area contributed by atoms with Crippen molar-refractivity contribution in [3.05, 3.63) is 35.9 Å². The fourth-order valence-corrected chi connectivity index (χ4v) is 2.73. The molecule has 0 bridgehead atoms. The molecule has 1 fully saturated rings. The molecule has 0 aromatic heterocycles. The molecule has 1 aromatic carbocycles. The standard InChI is InChI=1S/C16H23ClN4O.HI/c1-4-8-19-16(18-2)20-13-7-9-21(11-13)14-10-12(17)5-6-15(14)22-3;/h4-6,10,13H,1,7-9,11H2,2-3H3,(H2,18,19,20);1H. The third kappa shape index (κ3) is 5.46. The highest BCUT2D eigenvalue weighted by Gasteiger charge is 2.25. The number of aliphatic imine (C=N–C) groups is 1. The molecule has 0 aliphatic carbocycles. The third-order valence-electron chi connectivity index (χ3n) is 3.65. The van der Waals surface area contributed by atoms with Gasteiger partial charge in [0.2, 0.25) is 0 Å². The van der Waals surface area contributed by atoms with E-state index in [1.165, 1.54) is 0 Å². The zero-order valence-corrected chi connectivity index (χ0v) is 16.6. The molecule has 1 atom stereocenters. The number of halogens is 2. The van der Waals surface area contributed by atoms with Crippen LogP contribution in [0, 0.1) is 0 Å². The van der Waals surface area contributed by atoms with Crippen LogP contribution >= 0.6 is 35.6 Å². The Balaban J connectivity index is 0.00000264. The van der Waals surface area contributed by atoms with Crippen LogP contribution in [-0.2, 0) is 0 Å². The molecule has 2 rings (SSSR count). The molecule has 0 spiro atoms. The molecule has 0 amide bonds. The maximum absolute atomic E-state index is 6.12. The molecule has 1 heterocycles. The largest absolute Gasteiger partial charge is 0.495 e. The van der Waals surface area contributed by atoms with Gasteiger partial charge in [-0.05, 0) is 24.6 Å². The molecule has 1 aromatic rings. The first-order valence-corrected chi connectivity index (χ1v) is 7.72. The van der Waals surface area contributed by atoms with Crippen LogP contribution in [0.25, 0.3) is 0 Å². The van der Waals surface area contributed by atoms with Gasteiger partial charge in [0.1, 0.15) is 5.75 Å². The van der Waals surface area contributed by atoms with Crippen molar-refractivity contribution in [1.82, 2.24) is 10.6 Å². The Morgan fingerprint density at radius 3 is 3.00 bits per heavy atom. The van der Waals surface area contributed by atoms with Gasteiger partial charge in [-0.15, -0.1) is 30.6 Å². The summed E-state index contributed by atoms with van der Waals surface area (Å²) in [5, 5.41) is 7.33. The van der Waals surface area contributed by atoms with E-state index in [4.69, 9.17) is 16.3 Å². The minimum atomic E-state index is 0. The number of guanidine groups is 1. The summed E-state index contributed by atoms with van der Waals surface area (Å²) in [7, 11) is 3.45. The summed E-state index contributed by atoms with van der Waals surface area (Å²) in [6.45, 7) is 6.22. The van der Waals surface area contributed by atoms with Gasteiger partial charge < -0.3 is 20.3 Å². The van der Waals surface area contributed by atoms with Crippen LogP contribution in [0.4, 0.5) is 5.69 Å². The van der Waals surface area contributed by atoms with E-state index >= 15 is 0 Å². The van der Waals surface area contributed by atoms with Crippen LogP contribution in [0.2, 0.25) is 5.02 Å². The molecular weight excluding hydrogens is 427 g/mol. The molecule has 2 N–H and O–H groups in total.